The fraction of sp³-hybridized carbons (Fsp3) is 0.593. The summed E-state index contributed by atoms with van der Waals surface area (Å²) in [4.78, 5) is 17.1. The average Bonchev–Trinajstić information content (AvgIpc) is 3.32. The first kappa shape index (κ1) is 24.8. The zero-order valence-electron chi connectivity index (χ0n) is 22.2. The Balaban J connectivity index is 1.42. The normalized spacial score (nSPS) is 18.3. The van der Waals surface area contributed by atoms with E-state index in [0.717, 1.165) is 62.1 Å². The van der Waals surface area contributed by atoms with E-state index in [2.05, 4.69) is 77.3 Å². The van der Waals surface area contributed by atoms with Crippen molar-refractivity contribution in [1.29, 1.82) is 0 Å². The molecular formula is C27H41N9. The number of nitrogens with two attached hydrogens (primary N) is 1. The van der Waals surface area contributed by atoms with Crippen LogP contribution in [0.25, 0.3) is 5.65 Å². The van der Waals surface area contributed by atoms with Crippen LogP contribution >= 0.6 is 0 Å². The fourth-order valence-electron chi connectivity index (χ4n) is 5.40. The van der Waals surface area contributed by atoms with Crippen molar-refractivity contribution in [2.45, 2.75) is 64.1 Å². The number of aromatic nitrogens is 4. The highest BCUT2D eigenvalue weighted by atomic mass is 15.4. The van der Waals surface area contributed by atoms with Crippen LogP contribution in [0, 0.1) is 0 Å². The summed E-state index contributed by atoms with van der Waals surface area (Å²) in [5.41, 5.74) is 10.7. The number of hydrogen-bond donors (Lipinski definition) is 2. The lowest BCUT2D eigenvalue weighted by molar-refractivity contribution is 0.253. The zero-order valence-corrected chi connectivity index (χ0v) is 22.2. The van der Waals surface area contributed by atoms with Crippen LogP contribution in [0.1, 0.15) is 56.6 Å². The number of hydrogen-bond acceptors (Lipinski definition) is 8. The van der Waals surface area contributed by atoms with Gasteiger partial charge < -0.3 is 25.8 Å². The Morgan fingerprint density at radius 3 is 2.50 bits per heavy atom. The summed E-state index contributed by atoms with van der Waals surface area (Å²) in [6.45, 7) is 9.09. The first-order valence-corrected chi connectivity index (χ1v) is 13.4. The number of likely N-dealkylation sites (tertiary alicyclic amines) is 1. The fourth-order valence-corrected chi connectivity index (χ4v) is 5.40. The molecule has 2 aliphatic heterocycles. The maximum Gasteiger partial charge on any atom is 0.230 e. The molecule has 3 N–H and O–H groups in total. The number of benzene rings is 1. The van der Waals surface area contributed by atoms with Crippen LogP contribution in [0.3, 0.4) is 0 Å². The lowest BCUT2D eigenvalue weighted by Crippen LogP contribution is -2.42. The molecule has 0 aliphatic carbocycles. The van der Waals surface area contributed by atoms with Crippen LogP contribution < -0.4 is 20.9 Å². The first-order valence-electron chi connectivity index (χ1n) is 13.4. The molecule has 0 saturated carbocycles. The Bertz CT molecular complexity index is 1160. The number of para-hydroxylation sites is 1. The SMILES string of the molecule is CC(C)c1cnn2c(NCc3ccccc3N(C)C3CCN(C)CC3)nc(N3CCC(N)CC3)nc12. The second kappa shape index (κ2) is 10.6. The maximum atomic E-state index is 6.15. The molecule has 0 radical (unpaired) electrons. The largest absolute Gasteiger partial charge is 0.371 e. The number of nitrogens with one attached hydrogen (secondary N) is 1. The minimum Gasteiger partial charge on any atom is -0.371 e. The Morgan fingerprint density at radius 2 is 1.78 bits per heavy atom. The molecule has 194 valence electrons. The molecule has 0 amide bonds. The molecule has 4 heterocycles. The Kier molecular flexibility index (Phi) is 7.29. The smallest absolute Gasteiger partial charge is 0.230 e. The highest BCUT2D eigenvalue weighted by Gasteiger charge is 2.24. The van der Waals surface area contributed by atoms with E-state index < -0.39 is 0 Å². The minimum atomic E-state index is 0.266. The monoisotopic (exact) mass is 491 g/mol. The molecule has 0 bridgehead atoms. The first-order chi connectivity index (χ1) is 17.4. The highest BCUT2D eigenvalue weighted by molar-refractivity contribution is 5.58. The zero-order chi connectivity index (χ0) is 25.2. The van der Waals surface area contributed by atoms with Crippen LogP contribution in [-0.2, 0) is 6.54 Å². The summed E-state index contributed by atoms with van der Waals surface area (Å²) in [5, 5.41) is 8.28. The van der Waals surface area contributed by atoms with Gasteiger partial charge in [-0.3, -0.25) is 0 Å². The Hall–Kier alpha value is -2.91. The van der Waals surface area contributed by atoms with Gasteiger partial charge in [-0.2, -0.15) is 19.6 Å². The highest BCUT2D eigenvalue weighted by Crippen LogP contribution is 2.28. The van der Waals surface area contributed by atoms with Crippen LogP contribution in [0.2, 0.25) is 0 Å². The average molecular weight is 492 g/mol. The van der Waals surface area contributed by atoms with Crippen molar-refractivity contribution in [2.75, 3.05) is 55.4 Å². The van der Waals surface area contributed by atoms with Crippen molar-refractivity contribution in [3.05, 3.63) is 41.6 Å². The minimum absolute atomic E-state index is 0.266. The van der Waals surface area contributed by atoms with Crippen LogP contribution in [0.15, 0.2) is 30.5 Å². The summed E-state index contributed by atoms with van der Waals surface area (Å²) in [5.74, 6) is 1.82. The van der Waals surface area contributed by atoms with E-state index in [0.29, 0.717) is 18.5 Å². The lowest BCUT2D eigenvalue weighted by atomic mass is 10.0. The summed E-state index contributed by atoms with van der Waals surface area (Å²) in [7, 11) is 4.45. The van der Waals surface area contributed by atoms with Crippen molar-refractivity contribution >= 4 is 23.2 Å². The lowest BCUT2D eigenvalue weighted by Gasteiger charge is -2.37. The van der Waals surface area contributed by atoms with E-state index >= 15 is 0 Å². The maximum absolute atomic E-state index is 6.15. The number of rotatable bonds is 7. The molecule has 2 aromatic heterocycles. The topological polar surface area (TPSA) is 90.9 Å². The second-order valence-corrected chi connectivity index (χ2v) is 10.8. The van der Waals surface area contributed by atoms with Gasteiger partial charge in [0.1, 0.15) is 0 Å². The van der Waals surface area contributed by atoms with Crippen molar-refractivity contribution in [2.24, 2.45) is 5.73 Å². The summed E-state index contributed by atoms with van der Waals surface area (Å²) < 4.78 is 1.86. The third kappa shape index (κ3) is 5.13. The van der Waals surface area contributed by atoms with Gasteiger partial charge in [-0.15, -0.1) is 0 Å². The van der Waals surface area contributed by atoms with E-state index in [1.54, 1.807) is 0 Å². The van der Waals surface area contributed by atoms with Gasteiger partial charge in [0, 0.05) is 50.0 Å². The molecule has 0 atom stereocenters. The van der Waals surface area contributed by atoms with Gasteiger partial charge in [0.05, 0.1) is 6.20 Å². The molecule has 5 rings (SSSR count). The number of fused-ring (bicyclic) bond motifs is 1. The molecule has 0 unspecified atom stereocenters. The number of anilines is 3. The molecule has 0 spiro atoms. The van der Waals surface area contributed by atoms with E-state index in [1.807, 2.05) is 10.7 Å². The van der Waals surface area contributed by atoms with Crippen molar-refractivity contribution in [3.63, 3.8) is 0 Å². The molecule has 2 aliphatic rings. The Labute approximate surface area is 214 Å². The predicted molar refractivity (Wildman–Crippen MR) is 147 cm³/mol. The van der Waals surface area contributed by atoms with Crippen molar-refractivity contribution in [1.82, 2.24) is 24.5 Å². The van der Waals surface area contributed by atoms with Gasteiger partial charge >= 0.3 is 0 Å². The van der Waals surface area contributed by atoms with E-state index in [9.17, 15) is 0 Å². The molecule has 1 aromatic carbocycles. The van der Waals surface area contributed by atoms with Crippen molar-refractivity contribution < 1.29 is 0 Å². The molecule has 2 fully saturated rings. The third-order valence-electron chi connectivity index (χ3n) is 7.87. The summed E-state index contributed by atoms with van der Waals surface area (Å²) >= 11 is 0. The molecular weight excluding hydrogens is 450 g/mol. The van der Waals surface area contributed by atoms with Gasteiger partial charge in [0.15, 0.2) is 5.65 Å². The van der Waals surface area contributed by atoms with Crippen LogP contribution in [-0.4, -0.2) is 76.8 Å². The van der Waals surface area contributed by atoms with Crippen LogP contribution in [0.5, 0.6) is 0 Å². The number of piperidine rings is 2. The quantitative estimate of drug-likeness (QED) is 0.520. The predicted octanol–water partition coefficient (Wildman–Crippen LogP) is 3.32. The molecule has 36 heavy (non-hydrogen) atoms. The third-order valence-corrected chi connectivity index (χ3v) is 7.87. The van der Waals surface area contributed by atoms with E-state index in [-0.39, 0.29) is 6.04 Å². The van der Waals surface area contributed by atoms with Gasteiger partial charge in [-0.1, -0.05) is 32.0 Å². The summed E-state index contributed by atoms with van der Waals surface area (Å²) in [6, 6.07) is 9.52. The van der Waals surface area contributed by atoms with Crippen molar-refractivity contribution in [3.8, 4) is 0 Å². The standard InChI is InChI=1S/C27H41N9/c1-19(2)23-18-30-36-25(23)31-27(35-15-9-21(28)10-16-35)32-26(36)29-17-20-7-5-6-8-24(20)34(4)22-11-13-33(3)14-12-22/h5-8,18-19,21-22H,9-17,28H2,1-4H3,(H,29,31,32). The van der Waals surface area contributed by atoms with Gasteiger partial charge in [-0.25, -0.2) is 0 Å². The number of nitrogens with zero attached hydrogens (tertiary/aromatic N) is 7. The van der Waals surface area contributed by atoms with E-state index in [1.165, 1.54) is 24.1 Å². The molecule has 3 aromatic rings. The van der Waals surface area contributed by atoms with Gasteiger partial charge in [-0.05, 0) is 63.4 Å². The summed E-state index contributed by atoms with van der Waals surface area (Å²) in [6.07, 6.45) is 6.23. The molecule has 9 heteroatoms. The van der Waals surface area contributed by atoms with Gasteiger partial charge in [0.25, 0.3) is 0 Å². The second-order valence-electron chi connectivity index (χ2n) is 10.8. The molecule has 9 nitrogen and oxygen atoms in total. The van der Waals surface area contributed by atoms with E-state index in [4.69, 9.17) is 15.7 Å². The Morgan fingerprint density at radius 1 is 1.06 bits per heavy atom. The van der Waals surface area contributed by atoms with Crippen LogP contribution in [0.4, 0.5) is 17.6 Å². The van der Waals surface area contributed by atoms with Gasteiger partial charge in [0.2, 0.25) is 11.9 Å². The molecule has 2 saturated heterocycles.